The van der Waals surface area contributed by atoms with Gasteiger partial charge in [-0.15, -0.1) is 0 Å². The summed E-state index contributed by atoms with van der Waals surface area (Å²) in [5.41, 5.74) is -1.71. The van der Waals surface area contributed by atoms with E-state index in [4.69, 9.17) is 18.4 Å². The number of aliphatic hydroxyl groups is 8. The van der Waals surface area contributed by atoms with Gasteiger partial charge in [0.2, 0.25) is 35.4 Å². The molecular weight excluding hydrogens is 1170 g/mol. The maximum atomic E-state index is 15.2. The predicted molar refractivity (Wildman–Crippen MR) is 302 cm³/mol. The van der Waals surface area contributed by atoms with Crippen LogP contribution in [0.1, 0.15) is 85.8 Å². The molecule has 486 valence electrons. The van der Waals surface area contributed by atoms with Crippen LogP contribution in [0.4, 0.5) is 9.59 Å². The molecule has 87 heavy (non-hydrogen) atoms. The third-order valence-electron chi connectivity index (χ3n) is 14.2. The summed E-state index contributed by atoms with van der Waals surface area (Å²) in [6.07, 6.45) is -16.1. The molecule has 3 fully saturated rings. The molecule has 0 bridgehead atoms. The maximum absolute atomic E-state index is 15.2. The maximum Gasteiger partial charge on any atom is 0.446 e. The topological polar surface area (TPSA) is 460 Å². The number of hydrogen-bond donors (Lipinski definition) is 14. The quantitative estimate of drug-likeness (QED) is 0.0683. The number of carbonyl (C=O) groups is 8. The zero-order chi connectivity index (χ0) is 65.0. The van der Waals surface area contributed by atoms with Gasteiger partial charge in [-0.3, -0.25) is 33.3 Å². The fraction of sp³-hybridized carbons (Fsp3) is 0.636. The number of amides is 8. The van der Waals surface area contributed by atoms with Crippen LogP contribution >= 0.6 is 0 Å². The molecule has 0 radical (unpaired) electrons. The third kappa shape index (κ3) is 20.3. The average molecular weight is 1260 g/mol. The van der Waals surface area contributed by atoms with Crippen LogP contribution in [-0.4, -0.2) is 246 Å². The lowest BCUT2D eigenvalue weighted by Crippen LogP contribution is -2.64. The highest BCUT2D eigenvalue weighted by Crippen LogP contribution is 2.32. The Hall–Kier alpha value is -7.01. The van der Waals surface area contributed by atoms with Crippen LogP contribution in [0, 0.1) is 5.92 Å². The lowest BCUT2D eigenvalue weighted by molar-refractivity contribution is -0.147. The van der Waals surface area contributed by atoms with Gasteiger partial charge in [0.15, 0.2) is 11.5 Å². The van der Waals surface area contributed by atoms with Gasteiger partial charge in [-0.05, 0) is 78.1 Å². The van der Waals surface area contributed by atoms with Crippen LogP contribution in [0.25, 0.3) is 0 Å². The summed E-state index contributed by atoms with van der Waals surface area (Å²) in [6, 6.07) is -1.38. The smallest absolute Gasteiger partial charge is 0.446 e. The minimum Gasteiger partial charge on any atom is -0.485 e. The number of β-amino-alcohol motifs (C(OH)–C–C–N with tert-alkyl or cyclic N) is 1. The number of ether oxygens (including phenoxy) is 3. The van der Waals surface area contributed by atoms with E-state index in [9.17, 15) is 82.6 Å². The number of nitrogens with zero attached hydrogens (tertiary/aromatic N) is 3. The number of carbonyl (C=O) groups excluding carboxylic acids is 8. The molecule has 2 aromatic carbocycles. The number of benzene rings is 2. The van der Waals surface area contributed by atoms with Gasteiger partial charge < -0.3 is 101 Å². The van der Waals surface area contributed by atoms with Gasteiger partial charge in [-0.2, -0.15) is 8.42 Å². The largest absolute Gasteiger partial charge is 0.485 e. The van der Waals surface area contributed by atoms with Gasteiger partial charge in [0, 0.05) is 51.4 Å². The second kappa shape index (κ2) is 30.3. The van der Waals surface area contributed by atoms with Crippen LogP contribution in [0.3, 0.4) is 0 Å². The van der Waals surface area contributed by atoms with Crippen molar-refractivity contribution in [3.05, 3.63) is 59.7 Å². The highest BCUT2D eigenvalue weighted by Gasteiger charge is 2.50. The molecule has 3 saturated heterocycles. The predicted octanol–water partition coefficient (Wildman–Crippen LogP) is -3.53. The Kier molecular flexibility index (Phi) is 24.6. The minimum absolute atomic E-state index is 0.0723. The average Bonchev–Trinajstić information content (AvgIpc) is 1.93. The van der Waals surface area contributed by atoms with Crippen LogP contribution < -0.4 is 35.5 Å². The Balaban J connectivity index is 1.67. The van der Waals surface area contributed by atoms with Crippen LogP contribution in [0.5, 0.6) is 11.5 Å². The van der Waals surface area contributed by atoms with Crippen molar-refractivity contribution in [3.63, 3.8) is 0 Å². The first-order valence-electron chi connectivity index (χ1n) is 28.1. The van der Waals surface area contributed by atoms with Crippen molar-refractivity contribution in [2.45, 2.75) is 178 Å². The molecule has 0 aromatic heterocycles. The Bertz CT molecular complexity index is 2850. The van der Waals surface area contributed by atoms with Crippen LogP contribution in [0.15, 0.2) is 48.5 Å². The number of nitrogens with one attached hydrogen (secondary N) is 5. The van der Waals surface area contributed by atoms with E-state index >= 15 is 9.59 Å². The van der Waals surface area contributed by atoms with E-state index < -0.39 is 225 Å². The Morgan fingerprint density at radius 1 is 0.736 bits per heavy atom. The molecule has 3 heterocycles. The molecule has 31 nitrogen and oxygen atoms in total. The highest BCUT2D eigenvalue weighted by atomic mass is 32.3. The standard InChI is InChI=1S/C55H82N8O23S/c1-28-23-63-44(45(28)71)49(75)56-22-33(67)20-35(57-52(78)84-54(3,4)5)46(72)58-41(29(2)66)50(76)62-24-34(68)21-36(62)47(73)59-42(38(70)18-31-14-15-39(40(19-31)86-87(80,81)82)83-27-30-12-10-9-11-13-30)48(74)60-43(51(63)77)37(69)16-17-61(32(25-64)26-65)53(79)85-55(6,7)8/h9-15,19,28-29,32-38,41-45,64-71H,16-18,20-27H2,1-8H3,(H,56,75)(H,57,78)(H,58,72)(H,59,73)(H,60,74)(H,80,81,82)/t28-,29+,33+,34+,35?,36-,37+,38+,41?,42-,43-,44-,45-/m0/s1. The third-order valence-corrected chi connectivity index (χ3v) is 14.6. The molecule has 2 unspecified atom stereocenters. The molecule has 3 aliphatic heterocycles. The molecule has 0 spiro atoms. The van der Waals surface area contributed by atoms with Crippen molar-refractivity contribution in [2.24, 2.45) is 5.92 Å². The fourth-order valence-electron chi connectivity index (χ4n) is 9.88. The van der Waals surface area contributed by atoms with Crippen molar-refractivity contribution in [2.75, 3.05) is 39.4 Å². The molecule has 14 N–H and O–H groups in total. The molecule has 13 atom stereocenters. The van der Waals surface area contributed by atoms with E-state index in [2.05, 4.69) is 26.6 Å². The number of aliphatic hydroxyl groups excluding tert-OH is 8. The molecule has 5 rings (SSSR count). The Morgan fingerprint density at radius 2 is 1.34 bits per heavy atom. The SMILES string of the molecule is C[C@@H](O)C1NC(=O)C(NC(=O)OC(C)(C)C)C[C@@H](O)CNC(=O)[C@@H]2[C@@H](O)[C@@H](C)CN2C(=O)[C@H]([C@H](O)CCN(C(=O)OC(C)(C)C)C(CO)CO)NC(=O)[C@H]([C@H](O)Cc2ccc(OCc3ccccc3)c(OS(=O)(=O)O)c2)NC(=O)[C@@H]2C[C@@H](O)CN2C1=O. The van der Waals surface area contributed by atoms with E-state index in [0.717, 1.165) is 27.7 Å². The molecule has 2 aromatic rings. The zero-order valence-corrected chi connectivity index (χ0v) is 50.3. The lowest BCUT2D eigenvalue weighted by atomic mass is 9.98. The van der Waals surface area contributed by atoms with Gasteiger partial charge >= 0.3 is 22.6 Å². The van der Waals surface area contributed by atoms with Gasteiger partial charge in [0.1, 0.15) is 54.1 Å². The molecule has 8 amide bonds. The number of hydrogen-bond acceptors (Lipinski definition) is 22. The van der Waals surface area contributed by atoms with Gasteiger partial charge in [0.05, 0.1) is 55.9 Å². The van der Waals surface area contributed by atoms with Crippen molar-refractivity contribution in [3.8, 4) is 11.5 Å². The van der Waals surface area contributed by atoms with E-state index in [0.29, 0.717) is 5.56 Å². The first-order chi connectivity index (χ1) is 40.5. The van der Waals surface area contributed by atoms with E-state index in [1.54, 1.807) is 30.3 Å². The normalized spacial score (nSPS) is 26.0. The fourth-order valence-corrected chi connectivity index (χ4v) is 10.2. The molecule has 32 heteroatoms. The summed E-state index contributed by atoms with van der Waals surface area (Å²) < 4.78 is 55.4. The molecule has 0 saturated carbocycles. The second-order valence-corrected chi connectivity index (χ2v) is 24.7. The Morgan fingerprint density at radius 3 is 1.94 bits per heavy atom. The number of fused-ring (bicyclic) bond motifs is 2. The van der Waals surface area contributed by atoms with Crippen molar-refractivity contribution in [1.82, 2.24) is 41.3 Å². The lowest BCUT2D eigenvalue weighted by Gasteiger charge is -2.35. The van der Waals surface area contributed by atoms with Crippen LogP contribution in [0.2, 0.25) is 0 Å². The monoisotopic (exact) mass is 1250 g/mol. The summed E-state index contributed by atoms with van der Waals surface area (Å²) >= 11 is 0. The van der Waals surface area contributed by atoms with Gasteiger partial charge in [0.25, 0.3) is 0 Å². The summed E-state index contributed by atoms with van der Waals surface area (Å²) in [5, 5.41) is 101. The van der Waals surface area contributed by atoms with Gasteiger partial charge in [-0.25, -0.2) is 9.59 Å². The van der Waals surface area contributed by atoms with E-state index in [-0.39, 0.29) is 17.9 Å². The van der Waals surface area contributed by atoms with Crippen LogP contribution in [-0.2, 0) is 61.7 Å². The number of alkyl carbamates (subject to hydrolysis) is 1. The van der Waals surface area contributed by atoms with E-state index in [1.165, 1.54) is 60.6 Å². The van der Waals surface area contributed by atoms with Crippen molar-refractivity contribution >= 4 is 58.0 Å². The minimum atomic E-state index is -5.26. The molecular formula is C55H82N8O23S. The highest BCUT2D eigenvalue weighted by molar-refractivity contribution is 7.81. The van der Waals surface area contributed by atoms with Crippen molar-refractivity contribution in [1.29, 1.82) is 0 Å². The summed E-state index contributed by atoms with van der Waals surface area (Å²) in [6.45, 7) is 7.35. The zero-order valence-electron chi connectivity index (χ0n) is 49.5. The Labute approximate surface area is 502 Å². The summed E-state index contributed by atoms with van der Waals surface area (Å²) in [5.74, 6) is -9.42. The van der Waals surface area contributed by atoms with Gasteiger partial charge in [-0.1, -0.05) is 43.3 Å². The van der Waals surface area contributed by atoms with E-state index in [1.807, 2.05) is 0 Å². The second-order valence-electron chi connectivity index (χ2n) is 23.7. The number of rotatable bonds is 17. The summed E-state index contributed by atoms with van der Waals surface area (Å²) in [4.78, 5) is 117. The molecule has 0 aliphatic carbocycles. The summed E-state index contributed by atoms with van der Waals surface area (Å²) in [7, 11) is -5.26. The van der Waals surface area contributed by atoms with Crippen molar-refractivity contribution < 1.29 is 111 Å². The molecule has 3 aliphatic rings. The first kappa shape index (κ1) is 70.7. The first-order valence-corrected chi connectivity index (χ1v) is 29.4.